The fraction of sp³-hybridized carbons (Fsp3) is 0.241. The van der Waals surface area contributed by atoms with E-state index >= 15 is 0 Å². The molecule has 0 aliphatic rings. The molecule has 5 rings (SSSR count). The molecule has 3 aromatic heterocycles. The van der Waals surface area contributed by atoms with Gasteiger partial charge in [0.05, 0.1) is 31.3 Å². The van der Waals surface area contributed by atoms with Crippen LogP contribution in [0.3, 0.4) is 0 Å². The molecule has 0 spiro atoms. The maximum atomic E-state index is 12.8. The number of alkyl halides is 3. The minimum Gasteiger partial charge on any atom is -0.495 e. The Morgan fingerprint density at radius 1 is 1.06 bits per heavy atom. The molecule has 0 atom stereocenters. The Labute approximate surface area is 264 Å². The molecule has 0 bridgehead atoms. The number of halogens is 3. The van der Waals surface area contributed by atoms with Crippen LogP contribution in [0, 0.1) is 0 Å². The minimum atomic E-state index is -5.08. The van der Waals surface area contributed by atoms with Crippen LogP contribution >= 0.6 is 0 Å². The van der Waals surface area contributed by atoms with Gasteiger partial charge in [-0.15, -0.1) is 0 Å². The predicted octanol–water partition coefficient (Wildman–Crippen LogP) is 4.76. The number of imidazole rings is 1. The highest BCUT2D eigenvalue weighted by Gasteiger charge is 2.38. The van der Waals surface area contributed by atoms with Gasteiger partial charge in [-0.3, -0.25) is 0 Å². The highest BCUT2D eigenvalue weighted by atomic mass is 19.4. The second-order valence-electron chi connectivity index (χ2n) is 9.50. The number of hydrogen-bond acceptors (Lipinski definition) is 11. The first-order chi connectivity index (χ1) is 22.5. The van der Waals surface area contributed by atoms with Crippen LogP contribution < -0.4 is 31.6 Å². The summed E-state index contributed by atoms with van der Waals surface area (Å²) in [5, 5.41) is 20.5. The highest BCUT2D eigenvalue weighted by Crippen LogP contribution is 2.37. The molecule has 3 heterocycles. The van der Waals surface area contributed by atoms with Crippen molar-refractivity contribution in [2.75, 3.05) is 36.6 Å². The van der Waals surface area contributed by atoms with E-state index in [2.05, 4.69) is 20.9 Å². The van der Waals surface area contributed by atoms with E-state index < -0.39 is 18.2 Å². The Kier molecular flexibility index (Phi) is 10.8. The lowest BCUT2D eigenvalue weighted by Crippen LogP contribution is -2.21. The quantitative estimate of drug-likeness (QED) is 0.128. The summed E-state index contributed by atoms with van der Waals surface area (Å²) in [5.41, 5.74) is 15.7. The Balaban J connectivity index is 0.000000644. The van der Waals surface area contributed by atoms with Gasteiger partial charge in [0.1, 0.15) is 16.8 Å². The van der Waals surface area contributed by atoms with Gasteiger partial charge < -0.3 is 41.2 Å². The summed E-state index contributed by atoms with van der Waals surface area (Å²) in [6.07, 6.45) is -2.74. The molecule has 0 saturated heterocycles. The highest BCUT2D eigenvalue weighted by molar-refractivity contribution is 6.02. The van der Waals surface area contributed by atoms with Gasteiger partial charge in [-0.2, -0.15) is 13.2 Å². The lowest BCUT2D eigenvalue weighted by atomic mass is 10.1. The molecule has 18 heteroatoms. The number of carboxylic acids is 1. The van der Waals surface area contributed by atoms with Crippen molar-refractivity contribution >= 4 is 40.2 Å². The van der Waals surface area contributed by atoms with E-state index in [0.29, 0.717) is 77.2 Å². The van der Waals surface area contributed by atoms with Crippen molar-refractivity contribution in [3.63, 3.8) is 0 Å². The Hall–Kier alpha value is -5.91. The van der Waals surface area contributed by atoms with Crippen LogP contribution in [0.2, 0.25) is 0 Å². The normalized spacial score (nSPS) is 11.0. The first-order valence-electron chi connectivity index (χ1n) is 13.9. The summed E-state index contributed by atoms with van der Waals surface area (Å²) in [5.74, 6) is -1.06. The molecule has 7 N–H and O–H groups in total. The smallest absolute Gasteiger partial charge is 0.490 e. The number of nitrogens with zero attached hydrogens (tertiary/aromatic N) is 5. The van der Waals surface area contributed by atoms with Crippen LogP contribution in [-0.2, 0) is 11.3 Å². The summed E-state index contributed by atoms with van der Waals surface area (Å²) >= 11 is 0. The molecule has 0 fully saturated rings. The number of benzene rings is 2. The number of rotatable bonds is 10. The number of amides is 2. The van der Waals surface area contributed by atoms with Crippen LogP contribution in [0.5, 0.6) is 11.5 Å². The molecule has 0 aliphatic heterocycles. The molecular formula is C29H30F3N9O6. The first kappa shape index (κ1) is 34.0. The van der Waals surface area contributed by atoms with E-state index in [9.17, 15) is 18.0 Å². The van der Waals surface area contributed by atoms with E-state index in [1.54, 1.807) is 31.5 Å². The Morgan fingerprint density at radius 3 is 2.45 bits per heavy atom. The molecule has 248 valence electrons. The molecule has 2 amide bonds. The predicted molar refractivity (Wildman–Crippen MR) is 165 cm³/mol. The number of nitrogens with one attached hydrogen (secondary N) is 2. The Bertz CT molecular complexity index is 1860. The fourth-order valence-corrected chi connectivity index (χ4v) is 4.31. The third kappa shape index (κ3) is 8.03. The van der Waals surface area contributed by atoms with Crippen LogP contribution in [-0.4, -0.2) is 68.4 Å². The van der Waals surface area contributed by atoms with Crippen molar-refractivity contribution in [2.45, 2.75) is 26.1 Å². The number of methoxy groups -OCH3 is 1. The number of carbonyl (C=O) groups excluding carboxylic acids is 1. The number of urea groups is 1. The monoisotopic (exact) mass is 657 g/mol. The zero-order valence-corrected chi connectivity index (χ0v) is 25.0. The number of fused-ring (bicyclic) bond motifs is 1. The third-order valence-corrected chi connectivity index (χ3v) is 6.38. The van der Waals surface area contributed by atoms with Gasteiger partial charge in [0.25, 0.3) is 0 Å². The van der Waals surface area contributed by atoms with E-state index in [-0.39, 0.29) is 5.82 Å². The van der Waals surface area contributed by atoms with Gasteiger partial charge in [-0.1, -0.05) is 24.3 Å². The number of nitrogens with two attached hydrogens (primary N) is 2. The SMILES string of the molecule is CCn1c(-c2nonc2N)nc2c(-c3cccc(NC(=O)Nc4ccccc4OC)c3)ncc(OCCCN)c21.O=C(O)C(F)(F)F. The van der Waals surface area contributed by atoms with Gasteiger partial charge in [-0.25, -0.2) is 24.2 Å². The number of nitrogen functional groups attached to an aromatic ring is 1. The van der Waals surface area contributed by atoms with Gasteiger partial charge in [0, 0.05) is 17.8 Å². The number of para-hydroxylation sites is 2. The average molecular weight is 658 g/mol. The standard InChI is InChI=1S/C27H29N9O4.C2HF3O2/c1-3-36-24-20(39-13-7-12-28)15-30-21(22(24)33-26(36)23-25(29)35-40-34-23)16-8-6-9-17(14-16)31-27(37)32-18-10-4-5-11-19(18)38-2;3-2(4,5)1(6)7/h4-6,8-11,14-15H,3,7,12-13,28H2,1-2H3,(H2,29,35)(H2,31,32,37);(H,6,7). The van der Waals surface area contributed by atoms with Gasteiger partial charge in [0.2, 0.25) is 0 Å². The minimum absolute atomic E-state index is 0.123. The topological polar surface area (TPSA) is 219 Å². The van der Waals surface area contributed by atoms with E-state index in [4.69, 9.17) is 45.4 Å². The summed E-state index contributed by atoms with van der Waals surface area (Å²) in [6.45, 7) is 3.44. The van der Waals surface area contributed by atoms with Crippen molar-refractivity contribution < 1.29 is 42.0 Å². The number of carbonyl (C=O) groups is 2. The number of carboxylic acid groups (broad SMARTS) is 1. The molecule has 15 nitrogen and oxygen atoms in total. The lowest BCUT2D eigenvalue weighted by molar-refractivity contribution is -0.192. The van der Waals surface area contributed by atoms with E-state index in [0.717, 1.165) is 5.56 Å². The Morgan fingerprint density at radius 2 is 1.81 bits per heavy atom. The van der Waals surface area contributed by atoms with Gasteiger partial charge >= 0.3 is 18.2 Å². The van der Waals surface area contributed by atoms with Crippen molar-refractivity contribution in [2.24, 2.45) is 5.73 Å². The maximum Gasteiger partial charge on any atom is 0.490 e. The van der Waals surface area contributed by atoms with Gasteiger partial charge in [-0.05, 0) is 54.5 Å². The van der Waals surface area contributed by atoms with Crippen molar-refractivity contribution in [1.29, 1.82) is 0 Å². The fourth-order valence-electron chi connectivity index (χ4n) is 4.31. The van der Waals surface area contributed by atoms with Crippen LogP contribution in [0.25, 0.3) is 33.8 Å². The number of aromatic nitrogens is 5. The van der Waals surface area contributed by atoms with Crippen molar-refractivity contribution in [3.8, 4) is 34.3 Å². The molecule has 0 unspecified atom stereocenters. The van der Waals surface area contributed by atoms with E-state index in [1.807, 2.05) is 41.8 Å². The first-order valence-corrected chi connectivity index (χ1v) is 13.9. The number of aliphatic carboxylic acids is 1. The molecule has 5 aromatic rings. The van der Waals surface area contributed by atoms with Crippen LogP contribution in [0.1, 0.15) is 13.3 Å². The van der Waals surface area contributed by atoms with Gasteiger partial charge in [0.15, 0.2) is 23.1 Å². The number of aryl methyl sites for hydroxylation is 1. The number of hydrogen-bond donors (Lipinski definition) is 5. The number of ether oxygens (including phenoxy) is 2. The van der Waals surface area contributed by atoms with Crippen LogP contribution in [0.15, 0.2) is 59.4 Å². The van der Waals surface area contributed by atoms with Crippen LogP contribution in [0.4, 0.5) is 35.2 Å². The zero-order chi connectivity index (χ0) is 34.1. The number of pyridine rings is 1. The molecule has 2 aromatic carbocycles. The largest absolute Gasteiger partial charge is 0.495 e. The lowest BCUT2D eigenvalue weighted by Gasteiger charge is -2.13. The summed E-state index contributed by atoms with van der Waals surface area (Å²) in [4.78, 5) is 31.2. The summed E-state index contributed by atoms with van der Waals surface area (Å²) < 4.78 is 49.8. The maximum absolute atomic E-state index is 12.8. The zero-order valence-electron chi connectivity index (χ0n) is 25.0. The third-order valence-electron chi connectivity index (χ3n) is 6.38. The molecule has 0 radical (unpaired) electrons. The molecule has 0 saturated carbocycles. The van der Waals surface area contributed by atoms with Crippen molar-refractivity contribution in [3.05, 3.63) is 54.7 Å². The second-order valence-corrected chi connectivity index (χ2v) is 9.50. The summed E-state index contributed by atoms with van der Waals surface area (Å²) in [7, 11) is 1.54. The molecule has 47 heavy (non-hydrogen) atoms. The molecular weight excluding hydrogens is 627 g/mol. The summed E-state index contributed by atoms with van der Waals surface area (Å²) in [6, 6.07) is 14.0. The second kappa shape index (κ2) is 14.9. The van der Waals surface area contributed by atoms with E-state index in [1.165, 1.54) is 0 Å². The van der Waals surface area contributed by atoms with Crippen molar-refractivity contribution in [1.82, 2.24) is 24.8 Å². The number of anilines is 3. The average Bonchev–Trinajstić information content (AvgIpc) is 3.64. The molecule has 0 aliphatic carbocycles.